The first-order valence-corrected chi connectivity index (χ1v) is 10.4. The highest BCUT2D eigenvalue weighted by atomic mass is 32.2. The van der Waals surface area contributed by atoms with E-state index in [9.17, 15) is 8.42 Å². The molecule has 0 spiro atoms. The molecule has 1 aromatic carbocycles. The fourth-order valence-corrected chi connectivity index (χ4v) is 5.67. The van der Waals surface area contributed by atoms with Gasteiger partial charge in [-0.05, 0) is 31.0 Å². The van der Waals surface area contributed by atoms with Crippen molar-refractivity contribution in [1.82, 2.24) is 4.31 Å². The molecule has 2 heterocycles. The molecule has 124 valence electrons. The van der Waals surface area contributed by atoms with Crippen LogP contribution in [-0.4, -0.2) is 31.6 Å². The van der Waals surface area contributed by atoms with E-state index in [0.717, 1.165) is 29.1 Å². The number of rotatable bonds is 4. The number of hydrogen-bond donors (Lipinski definition) is 0. The predicted molar refractivity (Wildman–Crippen MR) is 93.9 cm³/mol. The fraction of sp³-hybridized carbons (Fsp3) is 0.412. The zero-order valence-corrected chi connectivity index (χ0v) is 14.8. The van der Waals surface area contributed by atoms with Crippen molar-refractivity contribution in [2.75, 3.05) is 18.8 Å². The second kappa shape index (κ2) is 7.11. The smallest absolute Gasteiger partial charge is 0.218 e. The Kier molecular flexibility index (Phi) is 5.14. The summed E-state index contributed by atoms with van der Waals surface area (Å²) in [5.74, 6) is 1.80. The molecule has 0 bridgehead atoms. The van der Waals surface area contributed by atoms with Crippen molar-refractivity contribution in [2.24, 2.45) is 0 Å². The average Bonchev–Trinajstić information content (AvgIpc) is 2.90. The normalized spacial score (nSPS) is 20.3. The Bertz CT molecular complexity index is 741. The molecule has 4 nitrogen and oxygen atoms in total. The van der Waals surface area contributed by atoms with Gasteiger partial charge in [-0.2, -0.15) is 0 Å². The fourth-order valence-electron chi connectivity index (χ4n) is 2.83. The summed E-state index contributed by atoms with van der Waals surface area (Å²) in [5.41, 5.74) is 1.94. The van der Waals surface area contributed by atoms with E-state index in [1.165, 1.54) is 0 Å². The summed E-state index contributed by atoms with van der Waals surface area (Å²) >= 11 is 1.77. The second-order valence-corrected chi connectivity index (χ2v) is 9.09. The molecular weight excluding hydrogens is 330 g/mol. The van der Waals surface area contributed by atoms with Gasteiger partial charge < -0.3 is 4.42 Å². The summed E-state index contributed by atoms with van der Waals surface area (Å²) < 4.78 is 32.5. The van der Waals surface area contributed by atoms with Gasteiger partial charge in [0.25, 0.3) is 0 Å². The van der Waals surface area contributed by atoms with Gasteiger partial charge in [-0.3, -0.25) is 0 Å². The molecule has 3 rings (SSSR count). The van der Waals surface area contributed by atoms with E-state index >= 15 is 0 Å². The van der Waals surface area contributed by atoms with Crippen molar-refractivity contribution in [1.29, 1.82) is 0 Å². The Morgan fingerprint density at radius 3 is 2.87 bits per heavy atom. The first-order valence-electron chi connectivity index (χ1n) is 7.73. The molecule has 6 heteroatoms. The van der Waals surface area contributed by atoms with Crippen LogP contribution in [0.1, 0.15) is 28.6 Å². The van der Waals surface area contributed by atoms with Crippen LogP contribution < -0.4 is 0 Å². The Balaban J connectivity index is 1.68. The Hall–Kier alpha value is -1.24. The third-order valence-electron chi connectivity index (χ3n) is 3.99. The van der Waals surface area contributed by atoms with E-state index < -0.39 is 10.0 Å². The van der Waals surface area contributed by atoms with Crippen molar-refractivity contribution in [3.05, 3.63) is 59.5 Å². The lowest BCUT2D eigenvalue weighted by atomic mass is 10.2. The summed E-state index contributed by atoms with van der Waals surface area (Å²) in [6.07, 6.45) is 2.46. The van der Waals surface area contributed by atoms with Crippen LogP contribution in [0.4, 0.5) is 0 Å². The summed E-state index contributed by atoms with van der Waals surface area (Å²) in [7, 11) is -3.28. The van der Waals surface area contributed by atoms with Gasteiger partial charge in [-0.15, -0.1) is 11.8 Å². The van der Waals surface area contributed by atoms with Gasteiger partial charge in [0.2, 0.25) is 10.0 Å². The van der Waals surface area contributed by atoms with Crippen LogP contribution in [0.2, 0.25) is 0 Å². The maximum absolute atomic E-state index is 12.7. The number of aryl methyl sites for hydroxylation is 1. The van der Waals surface area contributed by atoms with E-state index in [-0.39, 0.29) is 11.0 Å². The number of thioether (sulfide) groups is 1. The molecule has 1 aliphatic rings. The molecule has 0 saturated carbocycles. The minimum Gasteiger partial charge on any atom is -0.468 e. The number of nitrogens with zero attached hydrogens (tertiary/aromatic N) is 1. The quantitative estimate of drug-likeness (QED) is 0.844. The first kappa shape index (κ1) is 16.6. The predicted octanol–water partition coefficient (Wildman–Crippen LogP) is 3.60. The third kappa shape index (κ3) is 4.19. The van der Waals surface area contributed by atoms with Crippen LogP contribution in [0.5, 0.6) is 0 Å². The van der Waals surface area contributed by atoms with Gasteiger partial charge in [0.1, 0.15) is 5.76 Å². The van der Waals surface area contributed by atoms with Gasteiger partial charge >= 0.3 is 0 Å². The standard InChI is InChI=1S/C17H21NO3S2/c1-14-4-2-5-15(12-14)13-23(19,20)18-8-7-17(22-11-9-18)16-6-3-10-21-16/h2-6,10,12,17H,7-9,11,13H2,1H3. The van der Waals surface area contributed by atoms with Crippen LogP contribution >= 0.6 is 11.8 Å². The molecular formula is C17H21NO3S2. The van der Waals surface area contributed by atoms with Crippen LogP contribution in [0.15, 0.2) is 47.1 Å². The van der Waals surface area contributed by atoms with Crippen molar-refractivity contribution < 1.29 is 12.8 Å². The second-order valence-electron chi connectivity index (χ2n) is 5.81. The Morgan fingerprint density at radius 1 is 1.26 bits per heavy atom. The van der Waals surface area contributed by atoms with Crippen molar-refractivity contribution in [3.63, 3.8) is 0 Å². The highest BCUT2D eigenvalue weighted by Crippen LogP contribution is 2.35. The zero-order chi connectivity index (χ0) is 16.3. The highest BCUT2D eigenvalue weighted by molar-refractivity contribution is 7.99. The summed E-state index contributed by atoms with van der Waals surface area (Å²) in [6.45, 7) is 3.09. The topological polar surface area (TPSA) is 50.5 Å². The van der Waals surface area contributed by atoms with Crippen LogP contribution in [0, 0.1) is 6.92 Å². The van der Waals surface area contributed by atoms with Crippen LogP contribution in [0.3, 0.4) is 0 Å². The monoisotopic (exact) mass is 351 g/mol. The van der Waals surface area contributed by atoms with Crippen molar-refractivity contribution >= 4 is 21.8 Å². The van der Waals surface area contributed by atoms with E-state index in [2.05, 4.69) is 0 Å². The lowest BCUT2D eigenvalue weighted by molar-refractivity contribution is 0.416. The van der Waals surface area contributed by atoms with E-state index in [0.29, 0.717) is 13.1 Å². The van der Waals surface area contributed by atoms with Gasteiger partial charge in [0.15, 0.2) is 0 Å². The van der Waals surface area contributed by atoms with Crippen molar-refractivity contribution in [3.8, 4) is 0 Å². The average molecular weight is 351 g/mol. The summed E-state index contributed by atoms with van der Waals surface area (Å²) in [4.78, 5) is 0. The largest absolute Gasteiger partial charge is 0.468 e. The molecule has 0 radical (unpaired) electrons. The molecule has 1 atom stereocenters. The Labute approximate surface area is 141 Å². The maximum Gasteiger partial charge on any atom is 0.218 e. The molecule has 1 fully saturated rings. The number of furan rings is 1. The summed E-state index contributed by atoms with van der Waals surface area (Å²) in [5, 5.41) is 0.240. The molecule has 2 aromatic rings. The SMILES string of the molecule is Cc1cccc(CS(=O)(=O)N2CCSC(c3ccco3)CC2)c1. The third-order valence-corrected chi connectivity index (χ3v) is 7.12. The number of sulfonamides is 1. The van der Waals surface area contributed by atoms with Crippen LogP contribution in [-0.2, 0) is 15.8 Å². The first-order chi connectivity index (χ1) is 11.0. The maximum atomic E-state index is 12.7. The lowest BCUT2D eigenvalue weighted by Crippen LogP contribution is -2.34. The Morgan fingerprint density at radius 2 is 2.13 bits per heavy atom. The van der Waals surface area contributed by atoms with Gasteiger partial charge in [0.05, 0.1) is 17.3 Å². The number of benzene rings is 1. The molecule has 1 aliphatic heterocycles. The van der Waals surface area contributed by atoms with Gasteiger partial charge in [0, 0.05) is 18.8 Å². The number of hydrogen-bond acceptors (Lipinski definition) is 4. The van der Waals surface area contributed by atoms with E-state index in [1.54, 1.807) is 22.3 Å². The zero-order valence-electron chi connectivity index (χ0n) is 13.1. The molecule has 1 aromatic heterocycles. The molecule has 23 heavy (non-hydrogen) atoms. The van der Waals surface area contributed by atoms with E-state index in [4.69, 9.17) is 4.42 Å². The van der Waals surface area contributed by atoms with Crippen molar-refractivity contribution in [2.45, 2.75) is 24.3 Å². The minimum atomic E-state index is -3.28. The summed E-state index contributed by atoms with van der Waals surface area (Å²) in [6, 6.07) is 11.6. The molecule has 0 amide bonds. The lowest BCUT2D eigenvalue weighted by Gasteiger charge is -2.20. The minimum absolute atomic E-state index is 0.0742. The van der Waals surface area contributed by atoms with Crippen LogP contribution in [0.25, 0.3) is 0 Å². The molecule has 0 N–H and O–H groups in total. The molecule has 0 aliphatic carbocycles. The van der Waals surface area contributed by atoms with Gasteiger partial charge in [-0.25, -0.2) is 12.7 Å². The van der Waals surface area contributed by atoms with Gasteiger partial charge in [-0.1, -0.05) is 29.8 Å². The van der Waals surface area contributed by atoms with E-state index in [1.807, 2.05) is 43.3 Å². The molecule has 1 unspecified atom stereocenters. The highest BCUT2D eigenvalue weighted by Gasteiger charge is 2.28. The molecule has 1 saturated heterocycles.